The number of halogens is 1. The minimum absolute atomic E-state index is 0.140. The van der Waals surface area contributed by atoms with Crippen molar-refractivity contribution in [3.63, 3.8) is 0 Å². The average Bonchev–Trinajstić information content (AvgIpc) is 2.83. The van der Waals surface area contributed by atoms with E-state index in [-0.39, 0.29) is 12.4 Å². The van der Waals surface area contributed by atoms with Gasteiger partial charge in [-0.3, -0.25) is 0 Å². The van der Waals surface area contributed by atoms with Crippen LogP contribution in [0.15, 0.2) is 42.5 Å². The lowest BCUT2D eigenvalue weighted by molar-refractivity contribution is 0.299. The molecule has 2 aromatic carbocycles. The zero-order valence-electron chi connectivity index (χ0n) is 10.3. The molecule has 3 aromatic rings. The molecule has 0 amide bonds. The summed E-state index contributed by atoms with van der Waals surface area (Å²) in [7, 11) is 0. The fourth-order valence-corrected chi connectivity index (χ4v) is 2.15. The van der Waals surface area contributed by atoms with Crippen LogP contribution in [-0.2, 0) is 6.42 Å². The Morgan fingerprint density at radius 1 is 1.11 bits per heavy atom. The molecule has 3 heteroatoms. The second-order valence-corrected chi connectivity index (χ2v) is 4.49. The number of hydrogen-bond donors (Lipinski definition) is 2. The number of fused-ring (bicyclic) bond motifs is 1. The Morgan fingerprint density at radius 3 is 2.63 bits per heavy atom. The van der Waals surface area contributed by atoms with E-state index in [1.807, 2.05) is 18.2 Å². The maximum absolute atomic E-state index is 12.9. The van der Waals surface area contributed by atoms with Gasteiger partial charge >= 0.3 is 0 Å². The number of aromatic nitrogens is 1. The maximum Gasteiger partial charge on any atom is 0.123 e. The summed E-state index contributed by atoms with van der Waals surface area (Å²) >= 11 is 0. The van der Waals surface area contributed by atoms with Crippen LogP contribution < -0.4 is 0 Å². The van der Waals surface area contributed by atoms with E-state index in [1.54, 1.807) is 12.1 Å². The summed E-state index contributed by atoms with van der Waals surface area (Å²) in [5, 5.41) is 9.92. The van der Waals surface area contributed by atoms with Crippen LogP contribution >= 0.6 is 0 Å². The highest BCUT2D eigenvalue weighted by molar-refractivity contribution is 5.85. The smallest absolute Gasteiger partial charge is 0.123 e. The van der Waals surface area contributed by atoms with Crippen LogP contribution in [0.25, 0.3) is 22.2 Å². The molecule has 0 atom stereocenters. The van der Waals surface area contributed by atoms with Crippen molar-refractivity contribution < 1.29 is 9.50 Å². The van der Waals surface area contributed by atoms with Gasteiger partial charge in [-0.15, -0.1) is 0 Å². The number of rotatable bonds is 3. The molecule has 19 heavy (non-hydrogen) atoms. The van der Waals surface area contributed by atoms with Crippen LogP contribution in [0.4, 0.5) is 4.39 Å². The average molecular weight is 254 g/mol. The van der Waals surface area contributed by atoms with E-state index in [9.17, 15) is 4.39 Å². The summed E-state index contributed by atoms with van der Waals surface area (Å²) in [6, 6.07) is 15.6. The standard InChI is InChI=1S/C16H13FNO/c17-14-4-2-12(3-5-14)16-10-13-9-11(7-8-19)1-6-15(13)18-16/h1-6,9,18-19H,7-8H2. The molecule has 1 radical (unpaired) electrons. The molecule has 95 valence electrons. The second-order valence-electron chi connectivity index (χ2n) is 4.49. The molecule has 1 aromatic heterocycles. The highest BCUT2D eigenvalue weighted by Gasteiger charge is 2.05. The van der Waals surface area contributed by atoms with Crippen LogP contribution in [0, 0.1) is 11.9 Å². The summed E-state index contributed by atoms with van der Waals surface area (Å²) in [5.41, 5.74) is 3.81. The molecule has 0 fully saturated rings. The van der Waals surface area contributed by atoms with Gasteiger partial charge in [-0.25, -0.2) is 4.39 Å². The summed E-state index contributed by atoms with van der Waals surface area (Å²) in [6.45, 7) is 0.140. The predicted molar refractivity (Wildman–Crippen MR) is 73.3 cm³/mol. The third-order valence-corrected chi connectivity index (χ3v) is 3.14. The van der Waals surface area contributed by atoms with E-state index in [4.69, 9.17) is 5.11 Å². The van der Waals surface area contributed by atoms with Crippen molar-refractivity contribution in [1.29, 1.82) is 0 Å². The molecule has 2 nitrogen and oxygen atoms in total. The first kappa shape index (κ1) is 11.9. The topological polar surface area (TPSA) is 36.0 Å². The molecule has 0 aliphatic heterocycles. The van der Waals surface area contributed by atoms with Gasteiger partial charge in [-0.1, -0.05) is 6.07 Å². The lowest BCUT2D eigenvalue weighted by Gasteiger charge is -1.97. The van der Waals surface area contributed by atoms with E-state index >= 15 is 0 Å². The normalized spacial score (nSPS) is 11.1. The van der Waals surface area contributed by atoms with Crippen LogP contribution in [0.2, 0.25) is 0 Å². The molecule has 3 rings (SSSR count). The van der Waals surface area contributed by atoms with Gasteiger partial charge in [0, 0.05) is 23.6 Å². The van der Waals surface area contributed by atoms with E-state index in [0.29, 0.717) is 6.42 Å². The van der Waals surface area contributed by atoms with Crippen molar-refractivity contribution in [2.75, 3.05) is 6.61 Å². The molecule has 0 unspecified atom stereocenters. The van der Waals surface area contributed by atoms with Gasteiger partial charge in [0.25, 0.3) is 0 Å². The SMILES string of the molecule is OCCc1ccc2[nH]c(-c3ccc(F)cc3)[c]c2c1. The quantitative estimate of drug-likeness (QED) is 0.739. The molecule has 2 N–H and O–H groups in total. The Kier molecular flexibility index (Phi) is 3.05. The third-order valence-electron chi connectivity index (χ3n) is 3.14. The van der Waals surface area contributed by atoms with Gasteiger partial charge in [0.1, 0.15) is 5.82 Å². The summed E-state index contributed by atoms with van der Waals surface area (Å²) in [6.07, 6.45) is 0.640. The maximum atomic E-state index is 12.9. The molecule has 0 spiro atoms. The minimum atomic E-state index is -0.245. The number of benzene rings is 2. The first-order valence-electron chi connectivity index (χ1n) is 6.17. The highest BCUT2D eigenvalue weighted by Crippen LogP contribution is 2.24. The molecule has 0 saturated carbocycles. The predicted octanol–water partition coefficient (Wildman–Crippen LogP) is 3.31. The van der Waals surface area contributed by atoms with E-state index < -0.39 is 0 Å². The number of hydrogen-bond acceptors (Lipinski definition) is 1. The van der Waals surface area contributed by atoms with Crippen LogP contribution in [0.1, 0.15) is 5.56 Å². The van der Waals surface area contributed by atoms with Gasteiger partial charge in [-0.05, 0) is 53.9 Å². The fourth-order valence-electron chi connectivity index (χ4n) is 2.15. The Labute approximate surface area is 110 Å². The molecular weight excluding hydrogens is 241 g/mol. The third kappa shape index (κ3) is 2.37. The van der Waals surface area contributed by atoms with Crippen LogP contribution in [-0.4, -0.2) is 16.7 Å². The number of nitrogens with one attached hydrogen (secondary N) is 1. The first-order valence-corrected chi connectivity index (χ1v) is 6.17. The van der Waals surface area contributed by atoms with Gasteiger partial charge in [0.2, 0.25) is 0 Å². The number of aliphatic hydroxyl groups is 1. The lowest BCUT2D eigenvalue weighted by atomic mass is 10.1. The van der Waals surface area contributed by atoms with Gasteiger partial charge in [0.05, 0.1) is 5.69 Å². The van der Waals surface area contributed by atoms with Crippen molar-refractivity contribution in [2.45, 2.75) is 6.42 Å². The molecule has 0 aliphatic rings. The van der Waals surface area contributed by atoms with Crippen LogP contribution in [0.5, 0.6) is 0 Å². The van der Waals surface area contributed by atoms with Gasteiger partial charge < -0.3 is 10.1 Å². The van der Waals surface area contributed by atoms with Crippen molar-refractivity contribution in [3.05, 3.63) is 59.9 Å². The summed E-state index contributed by atoms with van der Waals surface area (Å²) in [5.74, 6) is -0.245. The van der Waals surface area contributed by atoms with Crippen molar-refractivity contribution in [1.82, 2.24) is 4.98 Å². The van der Waals surface area contributed by atoms with Crippen molar-refractivity contribution in [3.8, 4) is 11.3 Å². The Bertz CT molecular complexity index is 700. The van der Waals surface area contributed by atoms with E-state index in [1.165, 1.54) is 12.1 Å². The fraction of sp³-hybridized carbons (Fsp3) is 0.125. The van der Waals surface area contributed by atoms with Crippen LogP contribution in [0.3, 0.4) is 0 Å². The number of aliphatic hydroxyl groups excluding tert-OH is 1. The van der Waals surface area contributed by atoms with Gasteiger partial charge in [0.15, 0.2) is 0 Å². The molecule has 0 aliphatic carbocycles. The first-order chi connectivity index (χ1) is 9.26. The largest absolute Gasteiger partial charge is 0.396 e. The van der Waals surface area contributed by atoms with E-state index in [2.05, 4.69) is 11.1 Å². The number of H-pyrrole nitrogens is 1. The van der Waals surface area contributed by atoms with Crippen molar-refractivity contribution in [2.24, 2.45) is 0 Å². The zero-order valence-corrected chi connectivity index (χ0v) is 10.3. The van der Waals surface area contributed by atoms with Gasteiger partial charge in [-0.2, -0.15) is 0 Å². The molecular formula is C16H13FNO. The Hall–Kier alpha value is -2.13. The molecule has 0 bridgehead atoms. The monoisotopic (exact) mass is 254 g/mol. The second kappa shape index (κ2) is 4.86. The molecule has 1 heterocycles. The lowest BCUT2D eigenvalue weighted by Crippen LogP contribution is -1.89. The summed E-state index contributed by atoms with van der Waals surface area (Å²) in [4.78, 5) is 3.26. The Balaban J connectivity index is 2.03. The molecule has 0 saturated heterocycles. The number of aromatic amines is 1. The summed E-state index contributed by atoms with van der Waals surface area (Å²) < 4.78 is 12.9. The Morgan fingerprint density at radius 2 is 1.89 bits per heavy atom. The van der Waals surface area contributed by atoms with E-state index in [0.717, 1.165) is 27.7 Å². The minimum Gasteiger partial charge on any atom is -0.396 e. The zero-order chi connectivity index (χ0) is 13.2. The van der Waals surface area contributed by atoms with Crippen molar-refractivity contribution >= 4 is 10.9 Å². The highest BCUT2D eigenvalue weighted by atomic mass is 19.1.